The van der Waals surface area contributed by atoms with Crippen LogP contribution in [-0.2, 0) is 6.54 Å². The van der Waals surface area contributed by atoms with Crippen molar-refractivity contribution in [2.75, 3.05) is 19.0 Å². The minimum Gasteiger partial charge on any atom is -0.375 e. The zero-order valence-electron chi connectivity index (χ0n) is 14.0. The number of benzene rings is 1. The second-order valence-electron chi connectivity index (χ2n) is 5.74. The Bertz CT molecular complexity index is 877. The van der Waals surface area contributed by atoms with Gasteiger partial charge in [0, 0.05) is 44.8 Å². The molecule has 7 heteroatoms. The van der Waals surface area contributed by atoms with Crippen LogP contribution in [0, 0.1) is 5.82 Å². The van der Waals surface area contributed by atoms with Crippen molar-refractivity contribution in [1.29, 1.82) is 0 Å². The third-order valence-corrected chi connectivity index (χ3v) is 3.72. The number of carbonyl (C=O) groups excluding carboxylic acids is 1. The molecule has 25 heavy (non-hydrogen) atoms. The van der Waals surface area contributed by atoms with Gasteiger partial charge in [0.25, 0.3) is 5.91 Å². The first kappa shape index (κ1) is 16.6. The van der Waals surface area contributed by atoms with Crippen molar-refractivity contribution in [2.24, 2.45) is 0 Å². The molecule has 6 nitrogen and oxygen atoms in total. The van der Waals surface area contributed by atoms with Gasteiger partial charge in [0.2, 0.25) is 0 Å². The summed E-state index contributed by atoms with van der Waals surface area (Å²) in [4.78, 5) is 22.2. The van der Waals surface area contributed by atoms with Gasteiger partial charge in [0.05, 0.1) is 5.69 Å². The van der Waals surface area contributed by atoms with Crippen LogP contribution in [0.25, 0.3) is 5.82 Å². The molecule has 0 aliphatic carbocycles. The quantitative estimate of drug-likeness (QED) is 0.775. The minimum absolute atomic E-state index is 0.242. The number of hydrogen-bond donors (Lipinski definition) is 1. The fourth-order valence-corrected chi connectivity index (χ4v) is 2.40. The van der Waals surface area contributed by atoms with E-state index in [0.29, 0.717) is 22.6 Å². The van der Waals surface area contributed by atoms with Crippen LogP contribution in [0.1, 0.15) is 15.9 Å². The molecule has 0 atom stereocenters. The van der Waals surface area contributed by atoms with E-state index < -0.39 is 0 Å². The molecule has 0 radical (unpaired) electrons. The van der Waals surface area contributed by atoms with Gasteiger partial charge in [-0.2, -0.15) is 0 Å². The number of hydrogen-bond acceptors (Lipinski definition) is 4. The highest BCUT2D eigenvalue weighted by Gasteiger charge is 2.09. The van der Waals surface area contributed by atoms with Gasteiger partial charge >= 0.3 is 0 Å². The second kappa shape index (κ2) is 7.12. The summed E-state index contributed by atoms with van der Waals surface area (Å²) in [6.45, 7) is 0.242. The molecule has 2 heterocycles. The summed E-state index contributed by atoms with van der Waals surface area (Å²) >= 11 is 0. The van der Waals surface area contributed by atoms with Crippen LogP contribution in [0.15, 0.2) is 55.2 Å². The summed E-state index contributed by atoms with van der Waals surface area (Å²) in [5.74, 6) is 0.0374. The Morgan fingerprint density at radius 2 is 2.08 bits per heavy atom. The Morgan fingerprint density at radius 3 is 2.76 bits per heavy atom. The molecule has 0 spiro atoms. The highest BCUT2D eigenvalue weighted by atomic mass is 19.1. The van der Waals surface area contributed by atoms with Gasteiger partial charge in [-0.05, 0) is 29.8 Å². The molecule has 2 aromatic heterocycles. The van der Waals surface area contributed by atoms with Crippen LogP contribution in [-0.4, -0.2) is 34.5 Å². The lowest BCUT2D eigenvalue weighted by molar-refractivity contribution is 0.0950. The van der Waals surface area contributed by atoms with E-state index in [4.69, 9.17) is 0 Å². The van der Waals surface area contributed by atoms with Crippen LogP contribution < -0.4 is 10.2 Å². The molecular weight excluding hydrogens is 321 g/mol. The predicted octanol–water partition coefficient (Wildman–Crippen LogP) is 2.40. The van der Waals surface area contributed by atoms with Gasteiger partial charge in [-0.25, -0.2) is 14.4 Å². The number of amides is 1. The van der Waals surface area contributed by atoms with Crippen molar-refractivity contribution >= 4 is 11.6 Å². The number of pyridine rings is 1. The third kappa shape index (κ3) is 3.82. The van der Waals surface area contributed by atoms with Crippen LogP contribution in [0.5, 0.6) is 0 Å². The van der Waals surface area contributed by atoms with Crippen LogP contribution in [0.3, 0.4) is 0 Å². The summed E-state index contributed by atoms with van der Waals surface area (Å²) < 4.78 is 15.7. The summed E-state index contributed by atoms with van der Waals surface area (Å²) in [6.07, 6.45) is 6.56. The SMILES string of the molecule is CN(C)c1ccc(CNC(=O)c2ccnc(-n3ccnc3)c2)cc1F. The number of halogens is 1. The fraction of sp³-hybridized carbons (Fsp3) is 0.167. The largest absolute Gasteiger partial charge is 0.375 e. The molecule has 0 aliphatic rings. The normalized spacial score (nSPS) is 10.5. The molecule has 0 saturated heterocycles. The summed E-state index contributed by atoms with van der Waals surface area (Å²) in [7, 11) is 3.56. The second-order valence-corrected chi connectivity index (χ2v) is 5.74. The Morgan fingerprint density at radius 1 is 1.24 bits per heavy atom. The molecule has 128 valence electrons. The molecule has 1 aromatic carbocycles. The van der Waals surface area contributed by atoms with Gasteiger partial charge in [-0.15, -0.1) is 0 Å². The average Bonchev–Trinajstić information content (AvgIpc) is 3.14. The number of nitrogens with one attached hydrogen (secondary N) is 1. The van der Waals surface area contributed by atoms with Crippen LogP contribution >= 0.6 is 0 Å². The standard InChI is InChI=1S/C18H18FN5O/c1-23(2)16-4-3-13(9-15(16)19)11-22-18(25)14-5-6-21-17(10-14)24-8-7-20-12-24/h3-10,12H,11H2,1-2H3,(H,22,25). The number of aromatic nitrogens is 3. The molecule has 1 N–H and O–H groups in total. The van der Waals surface area contributed by atoms with E-state index in [1.54, 1.807) is 72.7 Å². The average molecular weight is 339 g/mol. The van der Waals surface area contributed by atoms with Gasteiger partial charge in [0.1, 0.15) is 18.0 Å². The maximum absolute atomic E-state index is 14.0. The molecule has 3 rings (SSSR count). The van der Waals surface area contributed by atoms with E-state index in [9.17, 15) is 9.18 Å². The van der Waals surface area contributed by atoms with Crippen molar-refractivity contribution in [2.45, 2.75) is 6.54 Å². The number of imidazole rings is 1. The van der Waals surface area contributed by atoms with Crippen molar-refractivity contribution in [3.8, 4) is 5.82 Å². The zero-order valence-corrected chi connectivity index (χ0v) is 14.0. The van der Waals surface area contributed by atoms with Gasteiger partial charge in [-0.1, -0.05) is 6.07 Å². The molecule has 0 fully saturated rings. The summed E-state index contributed by atoms with van der Waals surface area (Å²) in [5.41, 5.74) is 1.68. The van der Waals surface area contributed by atoms with Crippen molar-refractivity contribution in [3.05, 3.63) is 72.2 Å². The first-order valence-corrected chi connectivity index (χ1v) is 7.73. The van der Waals surface area contributed by atoms with Gasteiger partial charge < -0.3 is 10.2 Å². The Balaban J connectivity index is 1.69. The van der Waals surface area contributed by atoms with E-state index in [-0.39, 0.29) is 18.3 Å². The van der Waals surface area contributed by atoms with Gasteiger partial charge in [-0.3, -0.25) is 9.36 Å². The zero-order chi connectivity index (χ0) is 17.8. The summed E-state index contributed by atoms with van der Waals surface area (Å²) in [6, 6.07) is 8.22. The Kier molecular flexibility index (Phi) is 4.74. The van der Waals surface area contributed by atoms with E-state index >= 15 is 0 Å². The summed E-state index contributed by atoms with van der Waals surface area (Å²) in [5, 5.41) is 2.79. The third-order valence-electron chi connectivity index (χ3n) is 3.72. The van der Waals surface area contributed by atoms with Crippen molar-refractivity contribution < 1.29 is 9.18 Å². The van der Waals surface area contributed by atoms with Crippen molar-refractivity contribution in [3.63, 3.8) is 0 Å². The first-order valence-electron chi connectivity index (χ1n) is 7.73. The monoisotopic (exact) mass is 339 g/mol. The molecule has 0 saturated carbocycles. The molecule has 1 amide bonds. The highest BCUT2D eigenvalue weighted by Crippen LogP contribution is 2.18. The van der Waals surface area contributed by atoms with E-state index in [1.165, 1.54) is 6.07 Å². The molecule has 0 unspecified atom stereocenters. The van der Waals surface area contributed by atoms with Gasteiger partial charge in [0.15, 0.2) is 0 Å². The Hall–Kier alpha value is -3.22. The molecule has 3 aromatic rings. The predicted molar refractivity (Wildman–Crippen MR) is 93.3 cm³/mol. The lowest BCUT2D eigenvalue weighted by Crippen LogP contribution is -2.23. The number of carbonyl (C=O) groups is 1. The van der Waals surface area contributed by atoms with Crippen LogP contribution in [0.2, 0.25) is 0 Å². The van der Waals surface area contributed by atoms with E-state index in [1.807, 2.05) is 0 Å². The fourth-order valence-electron chi connectivity index (χ4n) is 2.40. The molecular formula is C18H18FN5O. The topological polar surface area (TPSA) is 63.1 Å². The van der Waals surface area contributed by atoms with E-state index in [0.717, 1.165) is 0 Å². The number of rotatable bonds is 5. The number of nitrogens with zero attached hydrogens (tertiary/aromatic N) is 4. The van der Waals surface area contributed by atoms with Crippen LogP contribution in [0.4, 0.5) is 10.1 Å². The minimum atomic E-state index is -0.317. The Labute approximate surface area is 145 Å². The molecule has 0 aliphatic heterocycles. The number of anilines is 1. The van der Waals surface area contributed by atoms with E-state index in [2.05, 4.69) is 15.3 Å². The lowest BCUT2D eigenvalue weighted by atomic mass is 10.1. The van der Waals surface area contributed by atoms with Crippen molar-refractivity contribution in [1.82, 2.24) is 19.9 Å². The molecule has 0 bridgehead atoms. The smallest absolute Gasteiger partial charge is 0.251 e. The lowest BCUT2D eigenvalue weighted by Gasteiger charge is -2.14. The maximum atomic E-state index is 14.0. The maximum Gasteiger partial charge on any atom is 0.251 e. The highest BCUT2D eigenvalue weighted by molar-refractivity contribution is 5.94. The first-order chi connectivity index (χ1) is 12.0.